The lowest BCUT2D eigenvalue weighted by Gasteiger charge is -2.15. The number of fused-ring (bicyclic) bond motifs is 2. The molecule has 0 bridgehead atoms. The van der Waals surface area contributed by atoms with Crippen LogP contribution in [0.3, 0.4) is 0 Å². The third-order valence-corrected chi connectivity index (χ3v) is 4.12. The van der Waals surface area contributed by atoms with Gasteiger partial charge in [-0.2, -0.15) is 0 Å². The molecular weight excluding hydrogens is 263 g/mol. The number of para-hydroxylation sites is 1. The molecule has 1 N–H and O–H groups in total. The standard InChI is InChI=1S/C18H15FN2/c19-17(15-7-3-5-12-8-9-21-18(12)15)16-11-20-10-13-4-1-2-6-14(13)16/h1-7,10-11,17,21H,8-9H2. The number of nitrogens with zero attached hydrogens (tertiary/aromatic N) is 1. The summed E-state index contributed by atoms with van der Waals surface area (Å²) >= 11 is 0. The van der Waals surface area contributed by atoms with Crippen LogP contribution in [0.5, 0.6) is 0 Å². The van der Waals surface area contributed by atoms with Crippen molar-refractivity contribution in [1.82, 2.24) is 4.98 Å². The highest BCUT2D eigenvalue weighted by Gasteiger charge is 2.22. The lowest BCUT2D eigenvalue weighted by molar-refractivity contribution is 0.404. The molecule has 0 aliphatic carbocycles. The van der Waals surface area contributed by atoms with Crippen LogP contribution in [0.2, 0.25) is 0 Å². The summed E-state index contributed by atoms with van der Waals surface area (Å²) in [6.07, 6.45) is 3.22. The van der Waals surface area contributed by atoms with E-state index in [4.69, 9.17) is 0 Å². The molecule has 0 fully saturated rings. The van der Waals surface area contributed by atoms with E-state index in [0.29, 0.717) is 11.1 Å². The van der Waals surface area contributed by atoms with E-state index in [1.165, 1.54) is 5.56 Å². The number of aromatic nitrogens is 1. The highest BCUT2D eigenvalue weighted by Crippen LogP contribution is 2.38. The Labute approximate surface area is 122 Å². The van der Waals surface area contributed by atoms with Crippen molar-refractivity contribution in [3.05, 3.63) is 71.5 Å². The Bertz CT molecular complexity index is 808. The molecule has 3 heteroatoms. The summed E-state index contributed by atoms with van der Waals surface area (Å²) in [5, 5.41) is 5.20. The van der Waals surface area contributed by atoms with E-state index in [-0.39, 0.29) is 0 Å². The van der Waals surface area contributed by atoms with E-state index < -0.39 is 6.17 Å². The summed E-state index contributed by atoms with van der Waals surface area (Å²) in [5.74, 6) is 0. The lowest BCUT2D eigenvalue weighted by atomic mass is 9.96. The number of rotatable bonds is 2. The van der Waals surface area contributed by atoms with Crippen molar-refractivity contribution in [3.63, 3.8) is 0 Å². The normalized spacial score (nSPS) is 14.7. The fourth-order valence-electron chi connectivity index (χ4n) is 3.09. The van der Waals surface area contributed by atoms with Crippen LogP contribution in [0.25, 0.3) is 10.8 Å². The van der Waals surface area contributed by atoms with Crippen molar-refractivity contribution >= 4 is 16.5 Å². The molecule has 0 radical (unpaired) electrons. The van der Waals surface area contributed by atoms with E-state index >= 15 is 4.39 Å². The molecule has 0 amide bonds. The molecule has 0 saturated heterocycles. The molecule has 2 nitrogen and oxygen atoms in total. The number of benzene rings is 2. The average molecular weight is 278 g/mol. The predicted molar refractivity (Wildman–Crippen MR) is 83.3 cm³/mol. The van der Waals surface area contributed by atoms with Crippen LogP contribution in [0.15, 0.2) is 54.9 Å². The lowest BCUT2D eigenvalue weighted by Crippen LogP contribution is -2.01. The van der Waals surface area contributed by atoms with Crippen molar-refractivity contribution in [2.24, 2.45) is 0 Å². The van der Waals surface area contributed by atoms with Gasteiger partial charge in [-0.15, -0.1) is 0 Å². The third kappa shape index (κ3) is 1.97. The van der Waals surface area contributed by atoms with Gasteiger partial charge in [-0.1, -0.05) is 42.5 Å². The van der Waals surface area contributed by atoms with Gasteiger partial charge < -0.3 is 5.32 Å². The number of hydrogen-bond acceptors (Lipinski definition) is 2. The zero-order valence-corrected chi connectivity index (χ0v) is 11.5. The predicted octanol–water partition coefficient (Wildman–Crippen LogP) is 4.26. The molecule has 1 aliphatic heterocycles. The van der Waals surface area contributed by atoms with Crippen LogP contribution in [-0.4, -0.2) is 11.5 Å². The molecule has 4 rings (SSSR count). The molecule has 1 atom stereocenters. The molecule has 1 aliphatic rings. The van der Waals surface area contributed by atoms with Gasteiger partial charge in [0, 0.05) is 41.1 Å². The number of pyridine rings is 1. The Kier molecular flexibility index (Phi) is 2.85. The van der Waals surface area contributed by atoms with Crippen molar-refractivity contribution < 1.29 is 4.39 Å². The number of anilines is 1. The zero-order chi connectivity index (χ0) is 14.2. The Morgan fingerprint density at radius 2 is 1.90 bits per heavy atom. The van der Waals surface area contributed by atoms with Crippen LogP contribution in [-0.2, 0) is 6.42 Å². The second-order valence-electron chi connectivity index (χ2n) is 5.37. The fraction of sp³-hybridized carbons (Fsp3) is 0.167. The zero-order valence-electron chi connectivity index (χ0n) is 11.5. The van der Waals surface area contributed by atoms with Crippen molar-refractivity contribution in [2.45, 2.75) is 12.6 Å². The van der Waals surface area contributed by atoms with Gasteiger partial charge in [-0.05, 0) is 17.4 Å². The van der Waals surface area contributed by atoms with Gasteiger partial charge in [0.15, 0.2) is 6.17 Å². The first-order valence-electron chi connectivity index (χ1n) is 7.17. The molecule has 0 saturated carbocycles. The van der Waals surface area contributed by atoms with Crippen LogP contribution in [0.1, 0.15) is 22.9 Å². The molecule has 1 unspecified atom stereocenters. The second kappa shape index (κ2) is 4.85. The first kappa shape index (κ1) is 12.3. The minimum atomic E-state index is -1.16. The van der Waals surface area contributed by atoms with Crippen molar-refractivity contribution in [3.8, 4) is 0 Å². The van der Waals surface area contributed by atoms with E-state index in [2.05, 4.69) is 16.4 Å². The summed E-state index contributed by atoms with van der Waals surface area (Å²) in [6.45, 7) is 0.882. The number of nitrogens with one attached hydrogen (secondary N) is 1. The SMILES string of the molecule is FC(c1cccc2c1NCC2)c1cncc2ccccc12. The van der Waals surface area contributed by atoms with Gasteiger partial charge in [0.2, 0.25) is 0 Å². The molecule has 3 aromatic rings. The van der Waals surface area contributed by atoms with E-state index in [1.54, 1.807) is 12.4 Å². The van der Waals surface area contributed by atoms with Crippen LogP contribution in [0, 0.1) is 0 Å². The molecular formula is C18H15FN2. The molecule has 104 valence electrons. The molecule has 21 heavy (non-hydrogen) atoms. The van der Waals surface area contributed by atoms with Gasteiger partial charge >= 0.3 is 0 Å². The number of alkyl halides is 1. The summed E-state index contributed by atoms with van der Waals surface area (Å²) in [4.78, 5) is 4.19. The maximum absolute atomic E-state index is 15.2. The number of hydrogen-bond donors (Lipinski definition) is 1. The summed E-state index contributed by atoms with van der Waals surface area (Å²) in [5.41, 5.74) is 3.50. The van der Waals surface area contributed by atoms with Crippen LogP contribution < -0.4 is 5.32 Å². The Balaban J connectivity index is 1.88. The second-order valence-corrected chi connectivity index (χ2v) is 5.37. The molecule has 2 aromatic carbocycles. The molecule has 2 heterocycles. The Morgan fingerprint density at radius 1 is 1.00 bits per heavy atom. The smallest absolute Gasteiger partial charge is 0.154 e. The molecule has 1 aromatic heterocycles. The minimum absolute atomic E-state index is 0.634. The van der Waals surface area contributed by atoms with Crippen molar-refractivity contribution in [2.75, 3.05) is 11.9 Å². The van der Waals surface area contributed by atoms with Gasteiger partial charge in [0.25, 0.3) is 0 Å². The summed E-state index contributed by atoms with van der Waals surface area (Å²) < 4.78 is 15.2. The Hall–Kier alpha value is -2.42. The quantitative estimate of drug-likeness (QED) is 0.757. The monoisotopic (exact) mass is 278 g/mol. The first-order chi connectivity index (χ1) is 10.3. The fourth-order valence-corrected chi connectivity index (χ4v) is 3.09. The van der Waals surface area contributed by atoms with Gasteiger partial charge in [-0.3, -0.25) is 4.98 Å². The topological polar surface area (TPSA) is 24.9 Å². The highest BCUT2D eigenvalue weighted by atomic mass is 19.1. The van der Waals surface area contributed by atoms with E-state index in [0.717, 1.165) is 29.4 Å². The summed E-state index contributed by atoms with van der Waals surface area (Å²) in [6, 6.07) is 13.7. The third-order valence-electron chi connectivity index (χ3n) is 4.12. The van der Waals surface area contributed by atoms with Crippen molar-refractivity contribution in [1.29, 1.82) is 0 Å². The largest absolute Gasteiger partial charge is 0.384 e. The minimum Gasteiger partial charge on any atom is -0.384 e. The highest BCUT2D eigenvalue weighted by molar-refractivity contribution is 5.85. The van der Waals surface area contributed by atoms with E-state index in [1.807, 2.05) is 36.4 Å². The maximum Gasteiger partial charge on any atom is 0.154 e. The van der Waals surface area contributed by atoms with Crippen LogP contribution in [0.4, 0.5) is 10.1 Å². The van der Waals surface area contributed by atoms with Gasteiger partial charge in [0.1, 0.15) is 0 Å². The van der Waals surface area contributed by atoms with Crippen LogP contribution >= 0.6 is 0 Å². The molecule has 0 spiro atoms. The summed E-state index contributed by atoms with van der Waals surface area (Å²) in [7, 11) is 0. The average Bonchev–Trinajstić information content (AvgIpc) is 3.02. The Morgan fingerprint density at radius 3 is 2.86 bits per heavy atom. The first-order valence-corrected chi connectivity index (χ1v) is 7.17. The van der Waals surface area contributed by atoms with Gasteiger partial charge in [-0.25, -0.2) is 4.39 Å². The number of halogens is 1. The van der Waals surface area contributed by atoms with E-state index in [9.17, 15) is 0 Å². The maximum atomic E-state index is 15.2. The van der Waals surface area contributed by atoms with Gasteiger partial charge in [0.05, 0.1) is 0 Å².